The first kappa shape index (κ1) is 12.1. The minimum atomic E-state index is -0.905. The average Bonchev–Trinajstić information content (AvgIpc) is 1.85. The Morgan fingerprint density at radius 2 is 2.00 bits per heavy atom. The molecule has 3 nitrogen and oxygen atoms in total. The van der Waals surface area contributed by atoms with Crippen LogP contribution < -0.4 is 5.73 Å². The molecule has 74 valence electrons. The van der Waals surface area contributed by atoms with Gasteiger partial charge in [0.05, 0.1) is 0 Å². The van der Waals surface area contributed by atoms with E-state index in [9.17, 15) is 4.21 Å². The Balaban J connectivity index is 3.85. The molecule has 0 rings (SSSR count). The Kier molecular flexibility index (Phi) is 4.97. The van der Waals surface area contributed by atoms with Crippen LogP contribution in [0.15, 0.2) is 0 Å². The summed E-state index contributed by atoms with van der Waals surface area (Å²) in [6.45, 7) is 5.85. The lowest BCUT2D eigenvalue weighted by Crippen LogP contribution is -2.34. The molecule has 0 bridgehead atoms. The van der Waals surface area contributed by atoms with Crippen LogP contribution in [0.2, 0.25) is 0 Å². The third kappa shape index (κ3) is 4.85. The summed E-state index contributed by atoms with van der Waals surface area (Å²) in [6, 6.07) is -0.143. The van der Waals surface area contributed by atoms with Gasteiger partial charge in [-0.05, 0) is 27.2 Å². The van der Waals surface area contributed by atoms with Gasteiger partial charge >= 0.3 is 0 Å². The number of hydrogen-bond donors (Lipinski definition) is 2. The van der Waals surface area contributed by atoms with Gasteiger partial charge in [-0.2, -0.15) is 0 Å². The average molecular weight is 193 g/mol. The highest BCUT2D eigenvalue weighted by molar-refractivity contribution is 7.86. The van der Waals surface area contributed by atoms with Crippen LogP contribution in [0.4, 0.5) is 0 Å². The summed E-state index contributed by atoms with van der Waals surface area (Å²) in [5.74, 6) is 0.476. The highest BCUT2D eigenvalue weighted by Gasteiger charge is 2.21. The summed E-state index contributed by atoms with van der Waals surface area (Å²) in [5, 5.41) is 8.57. The van der Waals surface area contributed by atoms with Crippen LogP contribution in [0.5, 0.6) is 0 Å². The van der Waals surface area contributed by atoms with E-state index < -0.39 is 10.8 Å². The van der Waals surface area contributed by atoms with Gasteiger partial charge in [0.1, 0.15) is 0 Å². The summed E-state index contributed by atoms with van der Waals surface area (Å²) >= 11 is 0. The van der Waals surface area contributed by atoms with E-state index in [-0.39, 0.29) is 17.4 Å². The summed E-state index contributed by atoms with van der Waals surface area (Å²) in [4.78, 5) is 0. The van der Waals surface area contributed by atoms with E-state index in [4.69, 9.17) is 10.8 Å². The molecular weight excluding hydrogens is 174 g/mol. The molecule has 4 heteroatoms. The SMILES string of the molecule is CC(C)(C)S(=O)CC(N)CCO. The third-order valence-corrected chi connectivity index (χ3v) is 3.65. The minimum Gasteiger partial charge on any atom is -0.396 e. The Morgan fingerprint density at radius 3 is 2.33 bits per heavy atom. The molecule has 0 aromatic rings. The number of hydrogen-bond acceptors (Lipinski definition) is 3. The highest BCUT2D eigenvalue weighted by atomic mass is 32.2. The smallest absolute Gasteiger partial charge is 0.0446 e. The van der Waals surface area contributed by atoms with Gasteiger partial charge in [0, 0.05) is 33.9 Å². The second-order valence-electron chi connectivity index (χ2n) is 3.90. The molecule has 3 N–H and O–H groups in total. The monoisotopic (exact) mass is 193 g/mol. The summed E-state index contributed by atoms with van der Waals surface area (Å²) in [6.07, 6.45) is 0.530. The molecule has 0 radical (unpaired) electrons. The molecule has 0 aliphatic heterocycles. The van der Waals surface area contributed by atoms with Gasteiger partial charge in [-0.3, -0.25) is 4.21 Å². The van der Waals surface area contributed by atoms with E-state index in [1.165, 1.54) is 0 Å². The maximum absolute atomic E-state index is 11.5. The highest BCUT2D eigenvalue weighted by Crippen LogP contribution is 2.12. The fourth-order valence-electron chi connectivity index (χ4n) is 0.694. The van der Waals surface area contributed by atoms with E-state index in [1.807, 2.05) is 20.8 Å². The van der Waals surface area contributed by atoms with Crippen LogP contribution in [-0.4, -0.2) is 32.5 Å². The second kappa shape index (κ2) is 4.94. The van der Waals surface area contributed by atoms with Crippen LogP contribution >= 0.6 is 0 Å². The van der Waals surface area contributed by atoms with E-state index in [1.54, 1.807) is 0 Å². The number of rotatable bonds is 4. The molecule has 0 amide bonds. The summed E-state index contributed by atoms with van der Waals surface area (Å²) in [5.41, 5.74) is 5.63. The van der Waals surface area contributed by atoms with E-state index >= 15 is 0 Å². The molecule has 0 saturated carbocycles. The Morgan fingerprint density at radius 1 is 1.50 bits per heavy atom. The first-order chi connectivity index (χ1) is 5.38. The topological polar surface area (TPSA) is 63.3 Å². The molecule has 0 aliphatic rings. The molecule has 0 aromatic carbocycles. The fourth-order valence-corrected chi connectivity index (χ4v) is 1.75. The standard InChI is InChI=1S/C8H19NO2S/c1-8(2,3)12(11)6-7(9)4-5-10/h7,10H,4-6,9H2,1-3H3. The largest absolute Gasteiger partial charge is 0.396 e. The van der Waals surface area contributed by atoms with Crippen LogP contribution in [-0.2, 0) is 10.8 Å². The lowest BCUT2D eigenvalue weighted by Gasteiger charge is -2.20. The number of nitrogens with two attached hydrogens (primary N) is 1. The Bertz CT molecular complexity index is 154. The summed E-state index contributed by atoms with van der Waals surface area (Å²) in [7, 11) is -0.905. The van der Waals surface area contributed by atoms with Gasteiger partial charge in [-0.1, -0.05) is 0 Å². The van der Waals surface area contributed by atoms with Crippen molar-refractivity contribution in [3.05, 3.63) is 0 Å². The van der Waals surface area contributed by atoms with Crippen LogP contribution in [0.1, 0.15) is 27.2 Å². The zero-order valence-electron chi connectivity index (χ0n) is 8.04. The Labute approximate surface area is 76.8 Å². The molecule has 12 heavy (non-hydrogen) atoms. The number of aliphatic hydroxyl groups excluding tert-OH is 1. The molecule has 0 saturated heterocycles. The van der Waals surface area contributed by atoms with E-state index in [0.717, 1.165) is 0 Å². The molecule has 2 atom stereocenters. The van der Waals surface area contributed by atoms with Crippen molar-refractivity contribution in [1.82, 2.24) is 0 Å². The summed E-state index contributed by atoms with van der Waals surface area (Å²) < 4.78 is 11.3. The van der Waals surface area contributed by atoms with Crippen LogP contribution in [0.3, 0.4) is 0 Å². The van der Waals surface area contributed by atoms with Crippen LogP contribution in [0.25, 0.3) is 0 Å². The van der Waals surface area contributed by atoms with Gasteiger partial charge in [0.25, 0.3) is 0 Å². The third-order valence-electron chi connectivity index (χ3n) is 1.55. The maximum atomic E-state index is 11.5. The van der Waals surface area contributed by atoms with Crippen molar-refractivity contribution in [3.8, 4) is 0 Å². The van der Waals surface area contributed by atoms with E-state index in [0.29, 0.717) is 12.2 Å². The molecule has 0 fully saturated rings. The van der Waals surface area contributed by atoms with Crippen molar-refractivity contribution in [2.75, 3.05) is 12.4 Å². The van der Waals surface area contributed by atoms with Crippen molar-refractivity contribution in [1.29, 1.82) is 0 Å². The van der Waals surface area contributed by atoms with Gasteiger partial charge < -0.3 is 10.8 Å². The predicted octanol–water partition coefficient (Wildman–Crippen LogP) is 0.243. The zero-order chi connectivity index (χ0) is 9.78. The van der Waals surface area contributed by atoms with Crippen molar-refractivity contribution >= 4 is 10.8 Å². The van der Waals surface area contributed by atoms with Crippen molar-refractivity contribution < 1.29 is 9.32 Å². The lowest BCUT2D eigenvalue weighted by atomic mass is 10.2. The molecule has 0 aromatic heterocycles. The van der Waals surface area contributed by atoms with Crippen molar-refractivity contribution in [2.45, 2.75) is 38.0 Å². The molecule has 0 heterocycles. The molecule has 0 aliphatic carbocycles. The normalized spacial score (nSPS) is 17.4. The first-order valence-corrected chi connectivity index (χ1v) is 5.44. The quantitative estimate of drug-likeness (QED) is 0.672. The molecule has 0 spiro atoms. The number of aliphatic hydroxyl groups is 1. The zero-order valence-corrected chi connectivity index (χ0v) is 8.86. The fraction of sp³-hybridized carbons (Fsp3) is 1.00. The van der Waals surface area contributed by atoms with Gasteiger partial charge in [0.15, 0.2) is 0 Å². The predicted molar refractivity (Wildman–Crippen MR) is 52.4 cm³/mol. The molecular formula is C8H19NO2S. The van der Waals surface area contributed by atoms with E-state index in [2.05, 4.69) is 0 Å². The van der Waals surface area contributed by atoms with Gasteiger partial charge in [0.2, 0.25) is 0 Å². The Hall–Kier alpha value is 0.0700. The van der Waals surface area contributed by atoms with Crippen LogP contribution in [0, 0.1) is 0 Å². The molecule has 2 unspecified atom stereocenters. The first-order valence-electron chi connectivity index (χ1n) is 4.13. The van der Waals surface area contributed by atoms with Crippen molar-refractivity contribution in [3.63, 3.8) is 0 Å². The second-order valence-corrected chi connectivity index (χ2v) is 6.15. The lowest BCUT2D eigenvalue weighted by molar-refractivity contribution is 0.279. The minimum absolute atomic E-state index is 0.0719. The van der Waals surface area contributed by atoms with Gasteiger partial charge in [-0.15, -0.1) is 0 Å². The van der Waals surface area contributed by atoms with Crippen molar-refractivity contribution in [2.24, 2.45) is 5.73 Å². The maximum Gasteiger partial charge on any atom is 0.0446 e. The van der Waals surface area contributed by atoms with Gasteiger partial charge in [-0.25, -0.2) is 0 Å².